The molecule has 0 unspecified atom stereocenters. The van der Waals surface area contributed by atoms with Crippen molar-refractivity contribution in [2.75, 3.05) is 19.0 Å². The van der Waals surface area contributed by atoms with Gasteiger partial charge in [0.25, 0.3) is 0 Å². The molecule has 0 aliphatic heterocycles. The summed E-state index contributed by atoms with van der Waals surface area (Å²) in [5, 5.41) is 3.96. The standard InChI is InChI=1S/C13H21ClN2O/c1-9-7-12(17-4)10(14)8-11(9)16-6-5-13(2,3)15/h7-8,16H,5-6,15H2,1-4H3. The van der Waals surface area contributed by atoms with E-state index >= 15 is 0 Å². The van der Waals surface area contributed by atoms with Crippen LogP contribution in [0.4, 0.5) is 5.69 Å². The maximum absolute atomic E-state index is 6.08. The summed E-state index contributed by atoms with van der Waals surface area (Å²) >= 11 is 6.08. The number of hydrogen-bond donors (Lipinski definition) is 2. The number of aryl methyl sites for hydroxylation is 1. The number of anilines is 1. The SMILES string of the molecule is COc1cc(C)c(NCCC(C)(C)N)cc1Cl. The van der Waals surface area contributed by atoms with Crippen molar-refractivity contribution < 1.29 is 4.74 Å². The molecule has 1 aromatic carbocycles. The van der Waals surface area contributed by atoms with E-state index in [0.717, 1.165) is 24.2 Å². The predicted molar refractivity (Wildman–Crippen MR) is 74.1 cm³/mol. The van der Waals surface area contributed by atoms with Gasteiger partial charge in [0.15, 0.2) is 0 Å². The molecule has 0 bridgehead atoms. The van der Waals surface area contributed by atoms with Crippen molar-refractivity contribution in [3.05, 3.63) is 22.7 Å². The van der Waals surface area contributed by atoms with Crippen LogP contribution >= 0.6 is 11.6 Å². The van der Waals surface area contributed by atoms with Gasteiger partial charge in [-0.3, -0.25) is 0 Å². The number of hydrogen-bond acceptors (Lipinski definition) is 3. The molecule has 0 aliphatic rings. The molecule has 0 radical (unpaired) electrons. The minimum atomic E-state index is -0.156. The molecule has 0 saturated heterocycles. The number of rotatable bonds is 5. The van der Waals surface area contributed by atoms with E-state index in [1.807, 2.05) is 32.9 Å². The lowest BCUT2D eigenvalue weighted by Gasteiger charge is -2.19. The Labute approximate surface area is 108 Å². The zero-order chi connectivity index (χ0) is 13.1. The highest BCUT2D eigenvalue weighted by Crippen LogP contribution is 2.30. The monoisotopic (exact) mass is 256 g/mol. The third kappa shape index (κ3) is 4.44. The Morgan fingerprint density at radius 3 is 2.59 bits per heavy atom. The number of nitrogens with one attached hydrogen (secondary N) is 1. The van der Waals surface area contributed by atoms with Gasteiger partial charge in [-0.2, -0.15) is 0 Å². The summed E-state index contributed by atoms with van der Waals surface area (Å²) in [6, 6.07) is 3.82. The first-order chi connectivity index (χ1) is 7.83. The lowest BCUT2D eigenvalue weighted by molar-refractivity contribution is 0.415. The molecule has 0 amide bonds. The minimum Gasteiger partial charge on any atom is -0.495 e. The molecule has 1 rings (SSSR count). The van der Waals surface area contributed by atoms with Crippen LogP contribution in [0.5, 0.6) is 5.75 Å². The Balaban J connectivity index is 2.69. The van der Waals surface area contributed by atoms with Crippen LogP contribution in [0.1, 0.15) is 25.8 Å². The van der Waals surface area contributed by atoms with Gasteiger partial charge in [-0.05, 0) is 44.9 Å². The average Bonchev–Trinajstić information content (AvgIpc) is 2.20. The average molecular weight is 257 g/mol. The Hall–Kier alpha value is -0.930. The molecule has 3 nitrogen and oxygen atoms in total. The fourth-order valence-electron chi connectivity index (χ4n) is 1.52. The first kappa shape index (κ1) is 14.1. The normalized spacial score (nSPS) is 11.4. The van der Waals surface area contributed by atoms with Gasteiger partial charge in [0.05, 0.1) is 12.1 Å². The van der Waals surface area contributed by atoms with Gasteiger partial charge < -0.3 is 15.8 Å². The van der Waals surface area contributed by atoms with E-state index in [4.69, 9.17) is 22.1 Å². The highest BCUT2D eigenvalue weighted by Gasteiger charge is 2.11. The third-order valence-electron chi connectivity index (χ3n) is 2.58. The molecule has 4 heteroatoms. The largest absolute Gasteiger partial charge is 0.495 e. The Morgan fingerprint density at radius 2 is 2.06 bits per heavy atom. The maximum Gasteiger partial charge on any atom is 0.137 e. The second-order valence-corrected chi connectivity index (χ2v) is 5.37. The van der Waals surface area contributed by atoms with Crippen LogP contribution in [0.2, 0.25) is 5.02 Å². The van der Waals surface area contributed by atoms with E-state index in [1.54, 1.807) is 7.11 Å². The maximum atomic E-state index is 6.08. The molecule has 0 atom stereocenters. The van der Waals surface area contributed by atoms with Gasteiger partial charge in [0.1, 0.15) is 5.75 Å². The van der Waals surface area contributed by atoms with E-state index in [9.17, 15) is 0 Å². The lowest BCUT2D eigenvalue weighted by atomic mass is 10.0. The summed E-state index contributed by atoms with van der Waals surface area (Å²) in [6.45, 7) is 6.88. The van der Waals surface area contributed by atoms with Gasteiger partial charge in [0.2, 0.25) is 0 Å². The van der Waals surface area contributed by atoms with Gasteiger partial charge in [-0.25, -0.2) is 0 Å². The molecule has 0 heterocycles. The van der Waals surface area contributed by atoms with Gasteiger partial charge in [-0.15, -0.1) is 0 Å². The van der Waals surface area contributed by atoms with Crippen LogP contribution in [0.3, 0.4) is 0 Å². The fraction of sp³-hybridized carbons (Fsp3) is 0.538. The van der Waals surface area contributed by atoms with Crippen LogP contribution in [0, 0.1) is 6.92 Å². The molecular weight excluding hydrogens is 236 g/mol. The molecular formula is C13H21ClN2O. The highest BCUT2D eigenvalue weighted by molar-refractivity contribution is 6.32. The molecule has 0 spiro atoms. The first-order valence-corrected chi connectivity index (χ1v) is 6.08. The van der Waals surface area contributed by atoms with Crippen molar-refractivity contribution in [1.29, 1.82) is 0 Å². The third-order valence-corrected chi connectivity index (χ3v) is 2.88. The molecule has 0 fully saturated rings. The highest BCUT2D eigenvalue weighted by atomic mass is 35.5. The van der Waals surface area contributed by atoms with Crippen LogP contribution in [-0.4, -0.2) is 19.2 Å². The first-order valence-electron chi connectivity index (χ1n) is 5.70. The van der Waals surface area contributed by atoms with Crippen LogP contribution in [0.25, 0.3) is 0 Å². The van der Waals surface area contributed by atoms with Crippen molar-refractivity contribution in [2.45, 2.75) is 32.7 Å². The van der Waals surface area contributed by atoms with Crippen LogP contribution < -0.4 is 15.8 Å². The second kappa shape index (κ2) is 5.61. The number of halogens is 1. The zero-order valence-electron chi connectivity index (χ0n) is 10.9. The van der Waals surface area contributed by atoms with E-state index in [1.165, 1.54) is 0 Å². The summed E-state index contributed by atoms with van der Waals surface area (Å²) < 4.78 is 5.16. The summed E-state index contributed by atoms with van der Waals surface area (Å²) in [7, 11) is 1.62. The minimum absolute atomic E-state index is 0.156. The quantitative estimate of drug-likeness (QED) is 0.851. The molecule has 1 aromatic rings. The Bertz CT molecular complexity index is 386. The van der Waals surface area contributed by atoms with E-state index in [-0.39, 0.29) is 5.54 Å². The second-order valence-electron chi connectivity index (χ2n) is 4.97. The van der Waals surface area contributed by atoms with Gasteiger partial charge in [0, 0.05) is 17.8 Å². The van der Waals surface area contributed by atoms with Crippen molar-refractivity contribution in [3.63, 3.8) is 0 Å². The lowest BCUT2D eigenvalue weighted by Crippen LogP contribution is -2.34. The Morgan fingerprint density at radius 1 is 1.41 bits per heavy atom. The van der Waals surface area contributed by atoms with Crippen LogP contribution in [0.15, 0.2) is 12.1 Å². The van der Waals surface area contributed by atoms with E-state index in [2.05, 4.69) is 5.32 Å². The predicted octanol–water partition coefficient (Wildman–Crippen LogP) is 3.20. The van der Waals surface area contributed by atoms with Gasteiger partial charge >= 0.3 is 0 Å². The molecule has 3 N–H and O–H groups in total. The smallest absolute Gasteiger partial charge is 0.137 e. The summed E-state index contributed by atoms with van der Waals surface area (Å²) in [5.41, 5.74) is 7.91. The summed E-state index contributed by atoms with van der Waals surface area (Å²) in [6.07, 6.45) is 0.899. The molecule has 0 aromatic heterocycles. The van der Waals surface area contributed by atoms with Crippen LogP contribution in [-0.2, 0) is 0 Å². The molecule has 0 aliphatic carbocycles. The van der Waals surface area contributed by atoms with Gasteiger partial charge in [-0.1, -0.05) is 11.6 Å². The number of nitrogens with two attached hydrogens (primary N) is 1. The number of methoxy groups -OCH3 is 1. The molecule has 0 saturated carbocycles. The molecule has 96 valence electrons. The number of benzene rings is 1. The fourth-order valence-corrected chi connectivity index (χ4v) is 1.76. The Kier molecular flexibility index (Phi) is 4.66. The number of ether oxygens (including phenoxy) is 1. The molecule has 17 heavy (non-hydrogen) atoms. The van der Waals surface area contributed by atoms with E-state index in [0.29, 0.717) is 10.8 Å². The topological polar surface area (TPSA) is 47.3 Å². The van der Waals surface area contributed by atoms with Crippen molar-refractivity contribution >= 4 is 17.3 Å². The van der Waals surface area contributed by atoms with Crippen molar-refractivity contribution in [1.82, 2.24) is 0 Å². The summed E-state index contributed by atoms with van der Waals surface area (Å²) in [5.74, 6) is 0.703. The zero-order valence-corrected chi connectivity index (χ0v) is 11.7. The van der Waals surface area contributed by atoms with Crippen molar-refractivity contribution in [3.8, 4) is 5.75 Å². The van der Waals surface area contributed by atoms with E-state index < -0.39 is 0 Å². The summed E-state index contributed by atoms with van der Waals surface area (Å²) in [4.78, 5) is 0. The van der Waals surface area contributed by atoms with Crippen molar-refractivity contribution in [2.24, 2.45) is 5.73 Å².